The van der Waals surface area contributed by atoms with Crippen LogP contribution in [0.15, 0.2) is 42.5 Å². The molecule has 2 N–H and O–H groups in total. The van der Waals surface area contributed by atoms with E-state index in [0.717, 1.165) is 61.2 Å². The van der Waals surface area contributed by atoms with Crippen LogP contribution in [0.4, 0.5) is 10.1 Å². The SMILES string of the molecule is O=C(C1CC1)N1CCc2cc([C@@H](O)CN3CCC[C@](O)(c4ccc(F)cc4)CC3)ccc21. The van der Waals surface area contributed by atoms with E-state index in [9.17, 15) is 19.4 Å². The van der Waals surface area contributed by atoms with Crippen LogP contribution >= 0.6 is 0 Å². The Hall–Kier alpha value is -2.28. The van der Waals surface area contributed by atoms with Crippen LogP contribution in [0, 0.1) is 11.7 Å². The number of aliphatic hydroxyl groups is 2. The second-order valence-corrected chi connectivity index (χ2v) is 9.61. The van der Waals surface area contributed by atoms with Crippen molar-refractivity contribution in [2.45, 2.75) is 50.2 Å². The molecule has 0 bridgehead atoms. The van der Waals surface area contributed by atoms with Crippen LogP contribution in [0.3, 0.4) is 0 Å². The predicted molar refractivity (Wildman–Crippen MR) is 121 cm³/mol. The number of halogens is 1. The molecule has 1 amide bonds. The van der Waals surface area contributed by atoms with Gasteiger partial charge in [0.05, 0.1) is 11.7 Å². The van der Waals surface area contributed by atoms with E-state index in [2.05, 4.69) is 4.90 Å². The van der Waals surface area contributed by atoms with E-state index >= 15 is 0 Å². The molecule has 2 atom stereocenters. The molecule has 0 radical (unpaired) electrons. The molecule has 0 unspecified atom stereocenters. The van der Waals surface area contributed by atoms with Gasteiger partial charge in [-0.3, -0.25) is 4.79 Å². The maximum atomic E-state index is 13.3. The first-order chi connectivity index (χ1) is 15.4. The number of anilines is 1. The van der Waals surface area contributed by atoms with Crippen molar-refractivity contribution in [3.8, 4) is 0 Å². The molecular formula is C26H31FN2O3. The minimum absolute atomic E-state index is 0.211. The number of β-amino-alcohol motifs (C(OH)–C–C–N with tert-alkyl or cyclic N) is 1. The number of hydrogen-bond donors (Lipinski definition) is 2. The number of carbonyl (C=O) groups is 1. The number of rotatable bonds is 5. The number of benzene rings is 2. The molecule has 0 spiro atoms. The normalized spacial score (nSPS) is 24.8. The van der Waals surface area contributed by atoms with Gasteiger partial charge in [-0.2, -0.15) is 0 Å². The number of fused-ring (bicyclic) bond motifs is 1. The Morgan fingerprint density at radius 2 is 1.88 bits per heavy atom. The van der Waals surface area contributed by atoms with Crippen LogP contribution in [-0.2, 0) is 16.8 Å². The molecule has 2 fully saturated rings. The van der Waals surface area contributed by atoms with Crippen LogP contribution in [0.1, 0.15) is 54.9 Å². The quantitative estimate of drug-likeness (QED) is 0.750. The summed E-state index contributed by atoms with van der Waals surface area (Å²) in [7, 11) is 0. The van der Waals surface area contributed by atoms with Gasteiger partial charge >= 0.3 is 0 Å². The summed E-state index contributed by atoms with van der Waals surface area (Å²) in [5.41, 5.74) is 2.81. The van der Waals surface area contributed by atoms with Gasteiger partial charge in [0.2, 0.25) is 5.91 Å². The van der Waals surface area contributed by atoms with E-state index in [4.69, 9.17) is 0 Å². The van der Waals surface area contributed by atoms with Gasteiger partial charge < -0.3 is 20.0 Å². The van der Waals surface area contributed by atoms with Crippen LogP contribution in [-0.4, -0.2) is 47.2 Å². The molecule has 6 heteroatoms. The highest BCUT2D eigenvalue weighted by Crippen LogP contribution is 2.38. The van der Waals surface area contributed by atoms with Crippen molar-refractivity contribution in [2.75, 3.05) is 31.1 Å². The third-order valence-corrected chi connectivity index (χ3v) is 7.30. The number of likely N-dealkylation sites (tertiary alicyclic amines) is 1. The Labute approximate surface area is 188 Å². The smallest absolute Gasteiger partial charge is 0.230 e. The Morgan fingerprint density at radius 3 is 2.62 bits per heavy atom. The van der Waals surface area contributed by atoms with Crippen molar-refractivity contribution >= 4 is 11.6 Å². The Bertz CT molecular complexity index is 991. The molecule has 2 aromatic rings. The average Bonchev–Trinajstić information content (AvgIpc) is 3.58. The third kappa shape index (κ3) is 4.32. The number of carbonyl (C=O) groups excluding carboxylic acids is 1. The zero-order chi connectivity index (χ0) is 22.3. The molecule has 1 saturated carbocycles. The molecule has 2 heterocycles. The van der Waals surface area contributed by atoms with Crippen LogP contribution in [0.25, 0.3) is 0 Å². The zero-order valence-electron chi connectivity index (χ0n) is 18.3. The summed E-state index contributed by atoms with van der Waals surface area (Å²) in [4.78, 5) is 16.6. The lowest BCUT2D eigenvalue weighted by Gasteiger charge is -2.28. The highest BCUT2D eigenvalue weighted by molar-refractivity contribution is 5.98. The number of hydrogen-bond acceptors (Lipinski definition) is 4. The van der Waals surface area contributed by atoms with Gasteiger partial charge in [-0.25, -0.2) is 4.39 Å². The topological polar surface area (TPSA) is 64.0 Å². The molecule has 1 saturated heterocycles. The highest BCUT2D eigenvalue weighted by Gasteiger charge is 2.37. The first-order valence-corrected chi connectivity index (χ1v) is 11.8. The molecular weight excluding hydrogens is 407 g/mol. The van der Waals surface area contributed by atoms with Crippen LogP contribution < -0.4 is 4.90 Å². The van der Waals surface area contributed by atoms with Gasteiger partial charge in [0.1, 0.15) is 5.82 Å². The summed E-state index contributed by atoms with van der Waals surface area (Å²) in [6, 6.07) is 12.1. The molecule has 0 aromatic heterocycles. The van der Waals surface area contributed by atoms with E-state index in [0.29, 0.717) is 25.9 Å². The third-order valence-electron chi connectivity index (χ3n) is 7.30. The van der Waals surface area contributed by atoms with E-state index in [-0.39, 0.29) is 17.6 Å². The molecule has 5 nitrogen and oxygen atoms in total. The van der Waals surface area contributed by atoms with Crippen molar-refractivity contribution in [3.05, 3.63) is 65.0 Å². The van der Waals surface area contributed by atoms with Gasteiger partial charge in [0.25, 0.3) is 0 Å². The number of aliphatic hydroxyl groups excluding tert-OH is 1. The van der Waals surface area contributed by atoms with Crippen molar-refractivity contribution in [1.82, 2.24) is 4.90 Å². The maximum absolute atomic E-state index is 13.3. The largest absolute Gasteiger partial charge is 0.387 e. The minimum Gasteiger partial charge on any atom is -0.387 e. The fraction of sp³-hybridized carbons (Fsp3) is 0.500. The molecule has 2 aromatic carbocycles. The van der Waals surface area contributed by atoms with Crippen molar-refractivity contribution in [1.29, 1.82) is 0 Å². The fourth-order valence-electron chi connectivity index (χ4n) is 5.16. The second kappa shape index (κ2) is 8.58. The van der Waals surface area contributed by atoms with Crippen molar-refractivity contribution < 1.29 is 19.4 Å². The standard InChI is InChI=1S/C26H31FN2O3/c27-22-7-5-21(6-8-22)26(32)11-1-13-28(15-12-26)17-24(30)20-4-9-23-19(16-20)10-14-29(23)25(31)18-2-3-18/h4-9,16,18,24,30,32H,1-3,10-15,17H2/t24-,26+/m0/s1. The number of nitrogens with zero attached hydrogens (tertiary/aromatic N) is 2. The lowest BCUT2D eigenvalue weighted by atomic mass is 9.87. The van der Waals surface area contributed by atoms with Gasteiger partial charge in [-0.15, -0.1) is 0 Å². The zero-order valence-corrected chi connectivity index (χ0v) is 18.3. The minimum atomic E-state index is -0.960. The molecule has 5 rings (SSSR count). The van der Waals surface area contributed by atoms with Gasteiger partial charge in [-0.05, 0) is 80.0 Å². The van der Waals surface area contributed by atoms with Crippen LogP contribution in [0.5, 0.6) is 0 Å². The van der Waals surface area contributed by atoms with E-state index in [1.807, 2.05) is 23.1 Å². The summed E-state index contributed by atoms with van der Waals surface area (Å²) in [5.74, 6) is 0.156. The van der Waals surface area contributed by atoms with Crippen LogP contribution in [0.2, 0.25) is 0 Å². The average molecular weight is 439 g/mol. The summed E-state index contributed by atoms with van der Waals surface area (Å²) in [6.07, 6.45) is 4.21. The second-order valence-electron chi connectivity index (χ2n) is 9.61. The summed E-state index contributed by atoms with van der Waals surface area (Å²) in [6.45, 7) is 2.70. The monoisotopic (exact) mass is 438 g/mol. The first kappa shape index (κ1) is 21.6. The fourth-order valence-corrected chi connectivity index (χ4v) is 5.16. The molecule has 2 aliphatic heterocycles. The van der Waals surface area contributed by atoms with E-state index in [1.165, 1.54) is 12.1 Å². The predicted octanol–water partition coefficient (Wildman–Crippen LogP) is 3.53. The Balaban J connectivity index is 1.22. The lowest BCUT2D eigenvalue weighted by molar-refractivity contribution is -0.119. The molecule has 170 valence electrons. The van der Waals surface area contributed by atoms with E-state index in [1.54, 1.807) is 12.1 Å². The number of amides is 1. The van der Waals surface area contributed by atoms with Gasteiger partial charge in [-0.1, -0.05) is 24.3 Å². The van der Waals surface area contributed by atoms with Gasteiger partial charge in [0.15, 0.2) is 0 Å². The van der Waals surface area contributed by atoms with E-state index < -0.39 is 11.7 Å². The van der Waals surface area contributed by atoms with Crippen molar-refractivity contribution in [2.24, 2.45) is 5.92 Å². The maximum Gasteiger partial charge on any atom is 0.230 e. The summed E-state index contributed by atoms with van der Waals surface area (Å²) in [5, 5.41) is 22.1. The lowest BCUT2D eigenvalue weighted by Crippen LogP contribution is -2.32. The summed E-state index contributed by atoms with van der Waals surface area (Å²) < 4.78 is 13.3. The Morgan fingerprint density at radius 1 is 1.09 bits per heavy atom. The van der Waals surface area contributed by atoms with Crippen molar-refractivity contribution in [3.63, 3.8) is 0 Å². The van der Waals surface area contributed by atoms with Gasteiger partial charge in [0, 0.05) is 31.2 Å². The summed E-state index contributed by atoms with van der Waals surface area (Å²) >= 11 is 0. The first-order valence-electron chi connectivity index (χ1n) is 11.8. The Kier molecular flexibility index (Phi) is 5.78. The molecule has 1 aliphatic carbocycles. The highest BCUT2D eigenvalue weighted by atomic mass is 19.1. The molecule has 32 heavy (non-hydrogen) atoms. The molecule has 3 aliphatic rings.